The van der Waals surface area contributed by atoms with E-state index < -0.39 is 5.60 Å². The average molecular weight is 228 g/mol. The van der Waals surface area contributed by atoms with Gasteiger partial charge in [-0.1, -0.05) is 6.42 Å². The van der Waals surface area contributed by atoms with Crippen LogP contribution in [0, 0.1) is 0 Å². The summed E-state index contributed by atoms with van der Waals surface area (Å²) in [6.45, 7) is 3.25. The van der Waals surface area contributed by atoms with Gasteiger partial charge in [0, 0.05) is 31.7 Å². The molecular weight excluding hydrogens is 204 g/mol. The first-order valence-electron chi connectivity index (χ1n) is 6.43. The minimum absolute atomic E-state index is 0.0581. The van der Waals surface area contributed by atoms with Gasteiger partial charge in [0.1, 0.15) is 5.60 Å². The van der Waals surface area contributed by atoms with Gasteiger partial charge in [0.25, 0.3) is 0 Å². The van der Waals surface area contributed by atoms with Crippen molar-refractivity contribution >= 4 is 0 Å². The molecule has 4 atom stereocenters. The molecule has 4 nitrogen and oxygen atoms in total. The highest BCUT2D eigenvalue weighted by Gasteiger charge is 2.39. The summed E-state index contributed by atoms with van der Waals surface area (Å²) in [5.41, 5.74) is 5.26. The Morgan fingerprint density at radius 2 is 2.31 bits per heavy atom. The van der Waals surface area contributed by atoms with Crippen molar-refractivity contribution in [1.82, 2.24) is 5.32 Å². The number of nitrogens with two attached hydrogens (primary N) is 1. The van der Waals surface area contributed by atoms with Crippen molar-refractivity contribution in [2.45, 2.75) is 62.8 Å². The highest BCUT2D eigenvalue weighted by molar-refractivity contribution is 4.93. The summed E-state index contributed by atoms with van der Waals surface area (Å²) in [5.74, 6) is 0. The maximum atomic E-state index is 10.3. The number of hydrogen-bond acceptors (Lipinski definition) is 4. The maximum Gasteiger partial charge on any atom is 0.105 e. The average Bonchev–Trinajstić information content (AvgIpc) is 2.58. The SMILES string of the molecule is CC1OCCC1(O)CNC1CCCC(N)C1. The van der Waals surface area contributed by atoms with Crippen molar-refractivity contribution in [2.24, 2.45) is 5.73 Å². The molecule has 0 spiro atoms. The smallest absolute Gasteiger partial charge is 0.105 e. The molecule has 1 saturated heterocycles. The number of ether oxygens (including phenoxy) is 1. The third kappa shape index (κ3) is 2.74. The normalized spacial score (nSPS) is 44.8. The van der Waals surface area contributed by atoms with Crippen LogP contribution in [0.2, 0.25) is 0 Å². The second-order valence-electron chi connectivity index (χ2n) is 5.37. The Morgan fingerprint density at radius 1 is 1.50 bits per heavy atom. The molecule has 4 N–H and O–H groups in total. The van der Waals surface area contributed by atoms with E-state index in [0.717, 1.165) is 19.3 Å². The predicted molar refractivity (Wildman–Crippen MR) is 63.2 cm³/mol. The van der Waals surface area contributed by atoms with Gasteiger partial charge in [-0.3, -0.25) is 0 Å². The molecule has 0 aromatic carbocycles. The van der Waals surface area contributed by atoms with E-state index in [2.05, 4.69) is 5.32 Å². The lowest BCUT2D eigenvalue weighted by Crippen LogP contribution is -2.50. The van der Waals surface area contributed by atoms with Gasteiger partial charge in [-0.15, -0.1) is 0 Å². The highest BCUT2D eigenvalue weighted by atomic mass is 16.5. The topological polar surface area (TPSA) is 67.5 Å². The summed E-state index contributed by atoms with van der Waals surface area (Å²) < 4.78 is 5.41. The Balaban J connectivity index is 1.78. The number of hydrogen-bond donors (Lipinski definition) is 3. The first-order valence-corrected chi connectivity index (χ1v) is 6.43. The lowest BCUT2D eigenvalue weighted by molar-refractivity contribution is -0.0283. The molecule has 1 heterocycles. The molecule has 0 aromatic heterocycles. The summed E-state index contributed by atoms with van der Waals surface area (Å²) >= 11 is 0. The Morgan fingerprint density at radius 3 is 2.94 bits per heavy atom. The Labute approximate surface area is 97.5 Å². The molecule has 2 rings (SSSR count). The lowest BCUT2D eigenvalue weighted by atomic mass is 9.90. The minimum atomic E-state index is -0.679. The number of nitrogens with one attached hydrogen (secondary N) is 1. The van der Waals surface area contributed by atoms with Gasteiger partial charge < -0.3 is 20.9 Å². The van der Waals surface area contributed by atoms with Crippen LogP contribution in [0.5, 0.6) is 0 Å². The number of aliphatic hydroxyl groups is 1. The molecule has 1 saturated carbocycles. The van der Waals surface area contributed by atoms with Crippen molar-refractivity contribution in [3.05, 3.63) is 0 Å². The van der Waals surface area contributed by atoms with Gasteiger partial charge >= 0.3 is 0 Å². The standard InChI is InChI=1S/C12H24N2O2/c1-9-12(15,5-6-16-9)8-14-11-4-2-3-10(13)7-11/h9-11,14-15H,2-8,13H2,1H3. The molecule has 1 aliphatic carbocycles. The molecule has 2 aliphatic rings. The van der Waals surface area contributed by atoms with Gasteiger partial charge in [-0.05, 0) is 26.2 Å². The van der Waals surface area contributed by atoms with Crippen LogP contribution < -0.4 is 11.1 Å². The first kappa shape index (κ1) is 12.3. The second-order valence-corrected chi connectivity index (χ2v) is 5.37. The third-order valence-electron chi connectivity index (χ3n) is 4.07. The fourth-order valence-corrected chi connectivity index (χ4v) is 2.74. The Kier molecular flexibility index (Phi) is 3.85. The van der Waals surface area contributed by atoms with Crippen LogP contribution in [-0.4, -0.2) is 42.0 Å². The van der Waals surface area contributed by atoms with Gasteiger partial charge in [0.15, 0.2) is 0 Å². The molecule has 0 bridgehead atoms. The largest absolute Gasteiger partial charge is 0.386 e. The van der Waals surface area contributed by atoms with E-state index in [1.54, 1.807) is 0 Å². The van der Waals surface area contributed by atoms with Crippen molar-refractivity contribution in [3.8, 4) is 0 Å². The number of rotatable bonds is 3. The fraction of sp³-hybridized carbons (Fsp3) is 1.00. The zero-order chi connectivity index (χ0) is 11.6. The molecule has 16 heavy (non-hydrogen) atoms. The molecule has 0 amide bonds. The van der Waals surface area contributed by atoms with Crippen LogP contribution in [0.15, 0.2) is 0 Å². The third-order valence-corrected chi connectivity index (χ3v) is 4.07. The highest BCUT2D eigenvalue weighted by Crippen LogP contribution is 2.25. The van der Waals surface area contributed by atoms with Crippen LogP contribution in [-0.2, 0) is 4.74 Å². The van der Waals surface area contributed by atoms with E-state index in [1.165, 1.54) is 12.8 Å². The van der Waals surface area contributed by atoms with Gasteiger partial charge in [0.2, 0.25) is 0 Å². The van der Waals surface area contributed by atoms with E-state index in [-0.39, 0.29) is 6.10 Å². The van der Waals surface area contributed by atoms with E-state index >= 15 is 0 Å². The lowest BCUT2D eigenvalue weighted by Gasteiger charge is -2.32. The van der Waals surface area contributed by atoms with Gasteiger partial charge in [-0.2, -0.15) is 0 Å². The van der Waals surface area contributed by atoms with Gasteiger partial charge in [0.05, 0.1) is 6.10 Å². The molecule has 0 aromatic rings. The van der Waals surface area contributed by atoms with E-state index in [1.807, 2.05) is 6.92 Å². The molecular formula is C12H24N2O2. The Hall–Kier alpha value is -0.160. The maximum absolute atomic E-state index is 10.3. The zero-order valence-electron chi connectivity index (χ0n) is 10.1. The van der Waals surface area contributed by atoms with Gasteiger partial charge in [-0.25, -0.2) is 0 Å². The van der Waals surface area contributed by atoms with E-state index in [4.69, 9.17) is 10.5 Å². The van der Waals surface area contributed by atoms with Crippen molar-refractivity contribution in [2.75, 3.05) is 13.2 Å². The first-order chi connectivity index (χ1) is 7.60. The zero-order valence-corrected chi connectivity index (χ0v) is 10.1. The molecule has 2 fully saturated rings. The fourth-order valence-electron chi connectivity index (χ4n) is 2.74. The molecule has 94 valence electrons. The molecule has 4 heteroatoms. The van der Waals surface area contributed by atoms with Crippen molar-refractivity contribution in [1.29, 1.82) is 0 Å². The van der Waals surface area contributed by atoms with Crippen LogP contribution in [0.25, 0.3) is 0 Å². The predicted octanol–water partition coefficient (Wildman–Crippen LogP) is 0.386. The van der Waals surface area contributed by atoms with Crippen LogP contribution >= 0.6 is 0 Å². The summed E-state index contributed by atoms with van der Waals surface area (Å²) in [6.07, 6.45) is 5.23. The minimum Gasteiger partial charge on any atom is -0.386 e. The van der Waals surface area contributed by atoms with Crippen molar-refractivity contribution in [3.63, 3.8) is 0 Å². The van der Waals surface area contributed by atoms with Crippen LogP contribution in [0.1, 0.15) is 39.0 Å². The van der Waals surface area contributed by atoms with Crippen molar-refractivity contribution < 1.29 is 9.84 Å². The van der Waals surface area contributed by atoms with E-state index in [9.17, 15) is 5.11 Å². The Bertz CT molecular complexity index is 237. The van der Waals surface area contributed by atoms with Crippen LogP contribution in [0.3, 0.4) is 0 Å². The monoisotopic (exact) mass is 228 g/mol. The summed E-state index contributed by atoms with van der Waals surface area (Å²) in [6, 6.07) is 0.804. The quantitative estimate of drug-likeness (QED) is 0.653. The second kappa shape index (κ2) is 5.00. The summed E-state index contributed by atoms with van der Waals surface area (Å²) in [5, 5.41) is 13.8. The molecule has 4 unspecified atom stereocenters. The summed E-state index contributed by atoms with van der Waals surface area (Å²) in [4.78, 5) is 0. The van der Waals surface area contributed by atoms with E-state index in [0.29, 0.717) is 25.2 Å². The molecule has 1 aliphatic heterocycles. The van der Waals surface area contributed by atoms with Crippen LogP contribution in [0.4, 0.5) is 0 Å². The molecule has 0 radical (unpaired) electrons. The summed E-state index contributed by atoms with van der Waals surface area (Å²) in [7, 11) is 0.